The summed E-state index contributed by atoms with van der Waals surface area (Å²) in [5, 5.41) is 11.2. The number of nitrogens with zero attached hydrogens (tertiary/aromatic N) is 1. The van der Waals surface area contributed by atoms with E-state index in [0.717, 1.165) is 18.7 Å². The normalized spacial score (nSPS) is 22.2. The molecule has 0 N–H and O–H groups in total. The van der Waals surface area contributed by atoms with Crippen molar-refractivity contribution in [3.05, 3.63) is 44.4 Å². The van der Waals surface area contributed by atoms with Crippen LogP contribution in [-0.4, -0.2) is 37.1 Å². The molecule has 21 heavy (non-hydrogen) atoms. The monoisotopic (exact) mass is 357 g/mol. The SMILES string of the molecule is COC(=O)C1(C(=O)OC)[C@H](c2ccc(Br)cc2)[C@H]1[N+](=O)[O-]. The van der Waals surface area contributed by atoms with Crippen LogP contribution in [0.3, 0.4) is 0 Å². The molecule has 0 spiro atoms. The van der Waals surface area contributed by atoms with Crippen molar-refractivity contribution >= 4 is 27.9 Å². The Morgan fingerprint density at radius 2 is 1.67 bits per heavy atom. The predicted octanol–water partition coefficient (Wildman–Crippen LogP) is 1.52. The van der Waals surface area contributed by atoms with Crippen LogP contribution in [0.5, 0.6) is 0 Å². The zero-order valence-corrected chi connectivity index (χ0v) is 12.8. The van der Waals surface area contributed by atoms with E-state index in [2.05, 4.69) is 25.4 Å². The Kier molecular flexibility index (Phi) is 3.99. The van der Waals surface area contributed by atoms with Crippen molar-refractivity contribution in [3.8, 4) is 0 Å². The lowest BCUT2D eigenvalue weighted by atomic mass is 9.99. The highest BCUT2D eigenvalue weighted by Gasteiger charge is 2.85. The maximum atomic E-state index is 12.0. The van der Waals surface area contributed by atoms with Crippen LogP contribution in [-0.2, 0) is 19.1 Å². The number of carbonyl (C=O) groups excluding carboxylic acids is 2. The van der Waals surface area contributed by atoms with Gasteiger partial charge in [0, 0.05) is 9.40 Å². The molecular weight excluding hydrogens is 346 g/mol. The second-order valence-electron chi connectivity index (χ2n) is 4.61. The fraction of sp³-hybridized carbons (Fsp3) is 0.385. The third kappa shape index (κ3) is 2.19. The van der Waals surface area contributed by atoms with Gasteiger partial charge in [0.15, 0.2) is 0 Å². The van der Waals surface area contributed by atoms with E-state index in [1.807, 2.05) is 0 Å². The van der Waals surface area contributed by atoms with Gasteiger partial charge in [0.25, 0.3) is 0 Å². The maximum Gasteiger partial charge on any atom is 0.331 e. The van der Waals surface area contributed by atoms with Crippen LogP contribution in [0, 0.1) is 15.5 Å². The molecule has 2 atom stereocenters. The first-order valence-electron chi connectivity index (χ1n) is 5.97. The van der Waals surface area contributed by atoms with Crippen LogP contribution in [0.1, 0.15) is 11.5 Å². The van der Waals surface area contributed by atoms with Gasteiger partial charge in [0.2, 0.25) is 11.5 Å². The molecule has 1 aliphatic rings. The number of hydrogen-bond donors (Lipinski definition) is 0. The van der Waals surface area contributed by atoms with Crippen LogP contribution in [0.2, 0.25) is 0 Å². The van der Waals surface area contributed by atoms with Crippen molar-refractivity contribution in [2.24, 2.45) is 5.41 Å². The highest BCUT2D eigenvalue weighted by Crippen LogP contribution is 2.62. The number of carbonyl (C=O) groups is 2. The number of benzene rings is 1. The van der Waals surface area contributed by atoms with E-state index in [9.17, 15) is 19.7 Å². The van der Waals surface area contributed by atoms with Gasteiger partial charge in [-0.2, -0.15) is 0 Å². The number of rotatable bonds is 4. The molecule has 0 heterocycles. The van der Waals surface area contributed by atoms with E-state index in [-0.39, 0.29) is 0 Å². The van der Waals surface area contributed by atoms with Crippen LogP contribution >= 0.6 is 15.9 Å². The standard InChI is InChI=1S/C13H12BrNO6/c1-20-11(16)13(12(17)21-2)9(10(13)15(18)19)7-3-5-8(14)6-4-7/h3-6,9-10H,1-2H3/t9-,10-/m1/s1. The van der Waals surface area contributed by atoms with Gasteiger partial charge >= 0.3 is 11.9 Å². The molecule has 0 aliphatic heterocycles. The van der Waals surface area contributed by atoms with Gasteiger partial charge in [-0.1, -0.05) is 28.1 Å². The molecule has 0 saturated heterocycles. The molecule has 1 fully saturated rings. The van der Waals surface area contributed by atoms with Crippen molar-refractivity contribution in [3.63, 3.8) is 0 Å². The smallest absolute Gasteiger partial charge is 0.331 e. The van der Waals surface area contributed by atoms with Gasteiger partial charge in [0.1, 0.15) is 0 Å². The first kappa shape index (κ1) is 15.4. The Morgan fingerprint density at radius 3 is 2.05 bits per heavy atom. The van der Waals surface area contributed by atoms with Crippen molar-refractivity contribution in [2.45, 2.75) is 12.0 Å². The Hall–Kier alpha value is -1.96. The molecule has 1 aliphatic carbocycles. The van der Waals surface area contributed by atoms with Crippen molar-refractivity contribution in [2.75, 3.05) is 14.2 Å². The maximum absolute atomic E-state index is 12.0. The lowest BCUT2D eigenvalue weighted by Crippen LogP contribution is -2.34. The molecular formula is C13H12BrNO6. The molecule has 7 nitrogen and oxygen atoms in total. The van der Waals surface area contributed by atoms with Crippen LogP contribution in [0.25, 0.3) is 0 Å². The van der Waals surface area contributed by atoms with Gasteiger partial charge in [0.05, 0.1) is 20.1 Å². The van der Waals surface area contributed by atoms with E-state index in [4.69, 9.17) is 0 Å². The first-order valence-corrected chi connectivity index (χ1v) is 6.76. The number of halogens is 1. The van der Waals surface area contributed by atoms with Gasteiger partial charge in [-0.05, 0) is 17.7 Å². The van der Waals surface area contributed by atoms with Crippen LogP contribution in [0.4, 0.5) is 0 Å². The molecule has 0 aromatic heterocycles. The van der Waals surface area contributed by atoms with E-state index in [1.165, 1.54) is 0 Å². The average Bonchev–Trinajstić information content (AvgIpc) is 3.17. The minimum Gasteiger partial charge on any atom is -0.468 e. The number of hydrogen-bond acceptors (Lipinski definition) is 6. The quantitative estimate of drug-likeness (QED) is 0.351. The molecule has 0 radical (unpaired) electrons. The number of nitro groups is 1. The highest BCUT2D eigenvalue weighted by atomic mass is 79.9. The summed E-state index contributed by atoms with van der Waals surface area (Å²) in [5.41, 5.74) is -1.41. The lowest BCUT2D eigenvalue weighted by molar-refractivity contribution is -0.501. The summed E-state index contributed by atoms with van der Waals surface area (Å²) in [4.78, 5) is 34.7. The molecule has 0 unspecified atom stereocenters. The fourth-order valence-corrected chi connectivity index (χ4v) is 2.95. The summed E-state index contributed by atoms with van der Waals surface area (Å²) < 4.78 is 9.99. The lowest BCUT2D eigenvalue weighted by Gasteiger charge is -2.10. The molecule has 112 valence electrons. The van der Waals surface area contributed by atoms with E-state index in [0.29, 0.717) is 5.56 Å². The molecule has 0 amide bonds. The fourth-order valence-electron chi connectivity index (χ4n) is 2.69. The summed E-state index contributed by atoms with van der Waals surface area (Å²) in [5.74, 6) is -2.81. The summed E-state index contributed by atoms with van der Waals surface area (Å²) in [6.07, 6.45) is 0. The average molecular weight is 358 g/mol. The van der Waals surface area contributed by atoms with Crippen molar-refractivity contribution < 1.29 is 24.0 Å². The van der Waals surface area contributed by atoms with Gasteiger partial charge in [-0.15, -0.1) is 0 Å². The number of methoxy groups -OCH3 is 2. The summed E-state index contributed by atoms with van der Waals surface area (Å²) in [6, 6.07) is 5.23. The Balaban J connectivity index is 2.52. The second-order valence-corrected chi connectivity index (χ2v) is 5.53. The van der Waals surface area contributed by atoms with Crippen molar-refractivity contribution in [1.29, 1.82) is 0 Å². The van der Waals surface area contributed by atoms with Crippen molar-refractivity contribution in [1.82, 2.24) is 0 Å². The summed E-state index contributed by atoms with van der Waals surface area (Å²) in [7, 11) is 2.17. The highest BCUT2D eigenvalue weighted by molar-refractivity contribution is 9.10. The third-order valence-corrected chi connectivity index (χ3v) is 4.19. The molecule has 1 saturated carbocycles. The largest absolute Gasteiger partial charge is 0.468 e. The number of ether oxygens (including phenoxy) is 2. The zero-order valence-electron chi connectivity index (χ0n) is 11.2. The van der Waals surface area contributed by atoms with Gasteiger partial charge in [-0.25, -0.2) is 0 Å². The molecule has 1 aromatic rings. The summed E-state index contributed by atoms with van der Waals surface area (Å²) >= 11 is 3.26. The Morgan fingerprint density at radius 1 is 1.19 bits per heavy atom. The molecule has 0 bridgehead atoms. The predicted molar refractivity (Wildman–Crippen MR) is 74.1 cm³/mol. The second kappa shape index (κ2) is 5.44. The summed E-state index contributed by atoms with van der Waals surface area (Å²) in [6.45, 7) is 0. The first-order chi connectivity index (χ1) is 9.91. The molecule has 2 rings (SSSR count). The minimum absolute atomic E-state index is 0.510. The molecule has 1 aromatic carbocycles. The Bertz CT molecular complexity index is 583. The van der Waals surface area contributed by atoms with E-state index in [1.54, 1.807) is 24.3 Å². The zero-order chi connectivity index (χ0) is 15.8. The third-order valence-electron chi connectivity index (χ3n) is 3.67. The van der Waals surface area contributed by atoms with E-state index < -0.39 is 34.2 Å². The van der Waals surface area contributed by atoms with E-state index >= 15 is 0 Å². The molecule has 8 heteroatoms. The minimum atomic E-state index is -1.92. The van der Waals surface area contributed by atoms with Gasteiger partial charge < -0.3 is 9.47 Å². The Labute approximate surface area is 128 Å². The van der Waals surface area contributed by atoms with Gasteiger partial charge in [-0.3, -0.25) is 19.7 Å². The van der Waals surface area contributed by atoms with Crippen LogP contribution < -0.4 is 0 Å². The topological polar surface area (TPSA) is 95.7 Å². The van der Waals surface area contributed by atoms with Crippen LogP contribution in [0.15, 0.2) is 28.7 Å². The number of esters is 2.